The van der Waals surface area contributed by atoms with E-state index in [1.54, 1.807) is 13.8 Å². The van der Waals surface area contributed by atoms with Crippen molar-refractivity contribution in [2.75, 3.05) is 0 Å². The van der Waals surface area contributed by atoms with E-state index in [1.807, 2.05) is 0 Å². The smallest absolute Gasteiger partial charge is 0.154 e. The van der Waals surface area contributed by atoms with Gasteiger partial charge in [0.1, 0.15) is 0 Å². The van der Waals surface area contributed by atoms with Crippen LogP contribution in [-0.2, 0) is 0 Å². The van der Waals surface area contributed by atoms with Gasteiger partial charge in [-0.2, -0.15) is 5.82 Å². The second kappa shape index (κ2) is 34.6. The second-order valence-electron chi connectivity index (χ2n) is 7.26. The van der Waals surface area contributed by atoms with E-state index in [-0.39, 0.29) is 0 Å². The molecule has 0 aromatic heterocycles. The lowest BCUT2D eigenvalue weighted by Crippen LogP contribution is -2.46. The molecule has 0 spiro atoms. The summed E-state index contributed by atoms with van der Waals surface area (Å²) in [6.07, 6.45) is 15.2. The molecule has 0 bridgehead atoms. The molecule has 0 saturated heterocycles. The maximum Gasteiger partial charge on any atom is 0.295 e. The first kappa shape index (κ1) is 41.1. The highest BCUT2D eigenvalue weighted by atomic mass is 13.6. The highest BCUT2D eigenvalue weighted by Crippen LogP contribution is 1.96. The van der Waals surface area contributed by atoms with Gasteiger partial charge < -0.3 is 0 Å². The zero-order valence-corrected chi connectivity index (χ0v) is 27.0. The summed E-state index contributed by atoms with van der Waals surface area (Å²) >= 11 is 0. The van der Waals surface area contributed by atoms with Gasteiger partial charge in [0.05, 0.1) is 0 Å². The minimum Gasteiger partial charge on any atom is -0.154 e. The van der Waals surface area contributed by atoms with Crippen molar-refractivity contribution >= 4 is 19.7 Å². The lowest BCUT2D eigenvalue weighted by Gasteiger charge is -2.06. The van der Waals surface area contributed by atoms with Crippen LogP contribution in [0.1, 0.15) is 13.8 Å². The Morgan fingerprint density at radius 3 is 0.667 bits per heavy atom. The predicted octanol–water partition coefficient (Wildman–Crippen LogP) is 0.331. The third kappa shape index (κ3) is 27.4. The maximum absolute atomic E-state index is 5.09. The van der Waals surface area contributed by atoms with E-state index in [4.69, 9.17) is 19.3 Å². The van der Waals surface area contributed by atoms with Gasteiger partial charge in [0.25, 0.3) is 13.2 Å². The molecule has 0 aliphatic rings. The van der Waals surface area contributed by atoms with Crippen molar-refractivity contribution in [2.24, 2.45) is 0 Å². The van der Waals surface area contributed by atoms with Crippen LogP contribution in [-0.4, -0.2) is 19.7 Å². The van der Waals surface area contributed by atoms with Crippen molar-refractivity contribution in [3.8, 4) is 273 Å². The SMILES string of the molecule is C#CC#CC#CC#CC#CB(C#CC#CC#CC#CC#C)B(C#CC#CC#CC#CC#C)B(C#CC#CC#CC#CC)C#CC#CC#CC#CC. The van der Waals surface area contributed by atoms with E-state index >= 15 is 0 Å². The summed E-state index contributed by atoms with van der Waals surface area (Å²) in [7, 11) is 0. The lowest BCUT2D eigenvalue weighted by molar-refractivity contribution is 1.92. The number of hydrogen-bond donors (Lipinski definition) is 0. The number of hydrogen-bond acceptors (Lipinski definition) is 0. The first-order valence-electron chi connectivity index (χ1n) is 13.5. The highest BCUT2D eigenvalue weighted by molar-refractivity contribution is 7.59. The van der Waals surface area contributed by atoms with E-state index < -0.39 is 19.7 Å². The molecule has 51 heavy (non-hydrogen) atoms. The Hall–Kier alpha value is -9.93. The molecule has 0 atom stereocenters. The van der Waals surface area contributed by atoms with Crippen LogP contribution in [0.5, 0.6) is 0 Å². The van der Waals surface area contributed by atoms with Crippen LogP contribution in [0.15, 0.2) is 0 Å². The molecule has 0 aliphatic carbocycles. The van der Waals surface area contributed by atoms with Crippen LogP contribution in [0.4, 0.5) is 0 Å². The Kier molecular flexibility index (Phi) is 27.8. The van der Waals surface area contributed by atoms with Gasteiger partial charge in [-0.1, -0.05) is 11.8 Å². The third-order valence-electron chi connectivity index (χ3n) is 4.08. The first-order valence-corrected chi connectivity index (χ1v) is 13.5. The molecular weight excluding hydrogens is 609 g/mol. The molecule has 0 aliphatic heterocycles. The molecule has 0 heterocycles. The minimum absolute atomic E-state index is 0.796. The zero-order chi connectivity index (χ0) is 37.1. The monoisotopic (exact) mass is 618 g/mol. The molecule has 0 fully saturated rings. The fourth-order valence-electron chi connectivity index (χ4n) is 2.32. The van der Waals surface area contributed by atoms with Crippen molar-refractivity contribution in [3.05, 3.63) is 0 Å². The molecule has 0 amide bonds. The molecule has 0 rings (SSSR count). The van der Waals surface area contributed by atoms with Gasteiger partial charge in [-0.15, -0.1) is 42.5 Å². The molecule has 0 unspecified atom stereocenters. The summed E-state index contributed by atoms with van der Waals surface area (Å²) in [5.41, 5.74) is 0. The summed E-state index contributed by atoms with van der Waals surface area (Å²) in [5, 5.41) is 0. The normalized spacial score (nSPS) is 4.61. The van der Waals surface area contributed by atoms with Gasteiger partial charge in [0.15, 0.2) is 0 Å². The van der Waals surface area contributed by atoms with Crippen LogP contribution < -0.4 is 0 Å². The van der Waals surface area contributed by atoms with E-state index in [9.17, 15) is 0 Å². The van der Waals surface area contributed by atoms with Gasteiger partial charge in [0, 0.05) is 0 Å². The van der Waals surface area contributed by atoms with Gasteiger partial charge in [-0.05, 0) is 227 Å². The summed E-state index contributed by atoms with van der Waals surface area (Å²) < 4.78 is 0. The topological polar surface area (TPSA) is 0 Å². The highest BCUT2D eigenvalue weighted by Gasteiger charge is 2.36. The molecular formula is C48H9B3. The van der Waals surface area contributed by atoms with Crippen LogP contribution >= 0.6 is 0 Å². The Labute approximate surface area is 305 Å². The largest absolute Gasteiger partial charge is 0.295 e. The zero-order valence-electron chi connectivity index (χ0n) is 27.0. The maximum atomic E-state index is 5.09. The fourth-order valence-corrected chi connectivity index (χ4v) is 2.32. The number of terminal acetylenes is 3. The van der Waals surface area contributed by atoms with Crippen LogP contribution in [0.3, 0.4) is 0 Å². The molecule has 3 heteroatoms. The standard InChI is InChI=1S/C48H9B3/c1-6-11-16-21-26-31-36-41-46-50(47-42-37-32-27-22-17-12-7-2)51(48-43-38-33-28-23-18-13-8-3)49(44-39-34-29-24-19-14-9-4)45-40-35-30-25-20-15-10-5/h1-3H,4-5H3. The average molecular weight is 618 g/mol. The van der Waals surface area contributed by atoms with Crippen LogP contribution in [0, 0.1) is 273 Å². The van der Waals surface area contributed by atoms with Crippen molar-refractivity contribution < 1.29 is 0 Å². The Morgan fingerprint density at radius 1 is 0.235 bits per heavy atom. The lowest BCUT2D eigenvalue weighted by atomic mass is 8.89. The van der Waals surface area contributed by atoms with Crippen LogP contribution in [0.2, 0.25) is 0 Å². The first-order chi connectivity index (χ1) is 25.2. The van der Waals surface area contributed by atoms with Crippen molar-refractivity contribution in [2.45, 2.75) is 13.8 Å². The Balaban J connectivity index is 7.61. The molecule has 0 radical (unpaired) electrons. The Morgan fingerprint density at radius 2 is 0.431 bits per heavy atom. The quantitative estimate of drug-likeness (QED) is 0.310. The van der Waals surface area contributed by atoms with Gasteiger partial charge in [-0.3, -0.25) is 0 Å². The van der Waals surface area contributed by atoms with Gasteiger partial charge >= 0.3 is 0 Å². The fraction of sp³-hybridized carbons (Fsp3) is 0.0417. The van der Waals surface area contributed by atoms with E-state index in [0.717, 1.165) is 0 Å². The summed E-state index contributed by atoms with van der Waals surface area (Å²) in [6, 6.07) is 0. The van der Waals surface area contributed by atoms with Gasteiger partial charge in [-0.25, -0.2) is 0 Å². The third-order valence-corrected chi connectivity index (χ3v) is 4.08. The summed E-state index contributed by atoms with van der Waals surface area (Å²) in [6.45, 7) is 0.861. The van der Waals surface area contributed by atoms with E-state index in [0.29, 0.717) is 0 Å². The average Bonchev–Trinajstić information content (AvgIpc) is 3.14. The minimum atomic E-state index is -0.840. The molecule has 0 saturated carbocycles. The van der Waals surface area contributed by atoms with Gasteiger partial charge in [0.2, 0.25) is 6.49 Å². The molecule has 0 aromatic rings. The van der Waals surface area contributed by atoms with Crippen LogP contribution in [0.25, 0.3) is 0 Å². The molecule has 0 nitrogen and oxygen atoms in total. The summed E-state index contributed by atoms with van der Waals surface area (Å²) in [5.74, 6) is 111. The van der Waals surface area contributed by atoms with E-state index in [1.165, 1.54) is 0 Å². The Bertz CT molecular complexity index is 2730. The second-order valence-corrected chi connectivity index (χ2v) is 7.26. The summed E-state index contributed by atoms with van der Waals surface area (Å²) in [4.78, 5) is 0. The molecule has 0 N–H and O–H groups in total. The molecule has 0 aromatic carbocycles. The molecule has 210 valence electrons. The predicted molar refractivity (Wildman–Crippen MR) is 211 cm³/mol. The van der Waals surface area contributed by atoms with E-state index in [2.05, 4.69) is 254 Å². The van der Waals surface area contributed by atoms with Crippen molar-refractivity contribution in [1.29, 1.82) is 0 Å². The van der Waals surface area contributed by atoms with Crippen molar-refractivity contribution in [3.63, 3.8) is 0 Å². The van der Waals surface area contributed by atoms with Crippen molar-refractivity contribution in [1.82, 2.24) is 0 Å². The number of rotatable bonds is 2.